The molecular weight excluding hydrogens is 539 g/mol. The molecule has 3 aliphatic carbocycles. The molecule has 2 atom stereocenters. The Morgan fingerprint density at radius 3 is 2.07 bits per heavy atom. The third kappa shape index (κ3) is 5.64. The highest BCUT2D eigenvalue weighted by Gasteiger charge is 2.31. The topological polar surface area (TPSA) is 3.24 Å². The van der Waals surface area contributed by atoms with Crippen LogP contribution < -0.4 is 4.90 Å². The molecule has 0 spiro atoms. The van der Waals surface area contributed by atoms with Gasteiger partial charge in [0.15, 0.2) is 0 Å². The molecular formula is C41H45NS. The number of fused-ring (bicyclic) bond motifs is 5. The number of nitrogens with zero attached hydrogens (tertiary/aromatic N) is 1. The van der Waals surface area contributed by atoms with Gasteiger partial charge in [0.25, 0.3) is 0 Å². The van der Waals surface area contributed by atoms with Crippen molar-refractivity contribution in [2.75, 3.05) is 4.90 Å². The lowest BCUT2D eigenvalue weighted by atomic mass is 9.67. The molecule has 43 heavy (non-hydrogen) atoms. The first-order chi connectivity index (χ1) is 21.3. The second-order valence-corrected chi connectivity index (χ2v) is 15.0. The molecule has 3 saturated carbocycles. The van der Waals surface area contributed by atoms with Gasteiger partial charge in [-0.15, -0.1) is 11.3 Å². The van der Waals surface area contributed by atoms with Gasteiger partial charge in [-0.3, -0.25) is 0 Å². The van der Waals surface area contributed by atoms with Crippen molar-refractivity contribution in [3.8, 4) is 0 Å². The van der Waals surface area contributed by atoms with E-state index >= 15 is 0 Å². The molecule has 0 amide bonds. The molecule has 5 aromatic rings. The molecule has 220 valence electrons. The van der Waals surface area contributed by atoms with E-state index in [-0.39, 0.29) is 0 Å². The van der Waals surface area contributed by atoms with Crippen LogP contribution in [0.1, 0.15) is 94.1 Å². The normalized spacial score (nSPS) is 22.7. The van der Waals surface area contributed by atoms with Gasteiger partial charge in [0.05, 0.1) is 10.4 Å². The Balaban J connectivity index is 1.11. The summed E-state index contributed by atoms with van der Waals surface area (Å²) in [4.78, 5) is 2.51. The molecule has 1 heterocycles. The molecule has 2 heteroatoms. The summed E-state index contributed by atoms with van der Waals surface area (Å²) in [7, 11) is 0. The van der Waals surface area contributed by atoms with E-state index in [2.05, 4.69) is 95.9 Å². The molecule has 0 saturated heterocycles. The number of hydrogen-bond donors (Lipinski definition) is 0. The predicted molar refractivity (Wildman–Crippen MR) is 186 cm³/mol. The van der Waals surface area contributed by atoms with Gasteiger partial charge in [-0.25, -0.2) is 0 Å². The summed E-state index contributed by atoms with van der Waals surface area (Å²) in [6.45, 7) is 0. The van der Waals surface area contributed by atoms with Gasteiger partial charge in [-0.2, -0.15) is 0 Å². The van der Waals surface area contributed by atoms with Gasteiger partial charge < -0.3 is 4.90 Å². The zero-order valence-electron chi connectivity index (χ0n) is 25.5. The lowest BCUT2D eigenvalue weighted by molar-refractivity contribution is 0.132. The van der Waals surface area contributed by atoms with Crippen molar-refractivity contribution in [2.24, 2.45) is 17.8 Å². The minimum Gasteiger partial charge on any atom is -0.309 e. The summed E-state index contributed by atoms with van der Waals surface area (Å²) < 4.78 is 2.73. The molecule has 8 rings (SSSR count). The van der Waals surface area contributed by atoms with E-state index in [0.29, 0.717) is 0 Å². The van der Waals surface area contributed by atoms with Crippen molar-refractivity contribution >= 4 is 48.6 Å². The summed E-state index contributed by atoms with van der Waals surface area (Å²) >= 11 is 1.92. The van der Waals surface area contributed by atoms with E-state index in [9.17, 15) is 0 Å². The maximum atomic E-state index is 2.51. The van der Waals surface area contributed by atoms with Crippen molar-refractivity contribution < 1.29 is 0 Å². The van der Waals surface area contributed by atoms with Crippen molar-refractivity contribution in [3.05, 3.63) is 102 Å². The van der Waals surface area contributed by atoms with Crippen LogP contribution in [0.15, 0.2) is 91.0 Å². The van der Waals surface area contributed by atoms with Crippen molar-refractivity contribution in [1.82, 2.24) is 0 Å². The summed E-state index contributed by atoms with van der Waals surface area (Å²) in [5, 5.41) is 2.72. The molecule has 1 aromatic heterocycles. The van der Waals surface area contributed by atoms with Crippen LogP contribution in [0.3, 0.4) is 0 Å². The fourth-order valence-electron chi connectivity index (χ4n) is 8.95. The molecule has 1 nitrogen and oxygen atoms in total. The van der Waals surface area contributed by atoms with Crippen LogP contribution in [-0.4, -0.2) is 0 Å². The lowest BCUT2D eigenvalue weighted by Crippen LogP contribution is -2.27. The van der Waals surface area contributed by atoms with E-state index in [1.54, 1.807) is 0 Å². The van der Waals surface area contributed by atoms with Crippen LogP contribution >= 0.6 is 11.3 Å². The minimum absolute atomic E-state index is 0.727. The Kier molecular flexibility index (Phi) is 7.74. The van der Waals surface area contributed by atoms with Crippen LogP contribution in [0.2, 0.25) is 0 Å². The average Bonchev–Trinajstić information content (AvgIpc) is 3.45. The van der Waals surface area contributed by atoms with Crippen molar-refractivity contribution in [2.45, 2.75) is 89.4 Å². The number of aryl methyl sites for hydroxylation is 1. The van der Waals surface area contributed by atoms with Gasteiger partial charge in [-0.05, 0) is 116 Å². The summed E-state index contributed by atoms with van der Waals surface area (Å²) in [6.07, 6.45) is 18.4. The van der Waals surface area contributed by atoms with E-state index < -0.39 is 0 Å². The number of rotatable bonds is 7. The smallest absolute Gasteiger partial charge is 0.0640 e. The highest BCUT2D eigenvalue weighted by Crippen LogP contribution is 2.46. The minimum atomic E-state index is 0.727. The van der Waals surface area contributed by atoms with Crippen molar-refractivity contribution in [3.63, 3.8) is 0 Å². The molecule has 0 N–H and O–H groups in total. The van der Waals surface area contributed by atoms with Crippen molar-refractivity contribution in [1.29, 1.82) is 0 Å². The third-order valence-corrected chi connectivity index (χ3v) is 12.3. The van der Waals surface area contributed by atoms with Crippen LogP contribution in [0.25, 0.3) is 20.2 Å². The van der Waals surface area contributed by atoms with E-state index in [4.69, 9.17) is 0 Å². The van der Waals surface area contributed by atoms with Gasteiger partial charge in [0.1, 0.15) is 0 Å². The van der Waals surface area contributed by atoms with Gasteiger partial charge in [0, 0.05) is 26.8 Å². The number of hydrogen-bond acceptors (Lipinski definition) is 2. The highest BCUT2D eigenvalue weighted by atomic mass is 32.1. The zero-order valence-corrected chi connectivity index (χ0v) is 26.3. The Morgan fingerprint density at radius 2 is 1.30 bits per heavy atom. The molecule has 4 aromatic carbocycles. The van der Waals surface area contributed by atoms with Crippen LogP contribution in [0.4, 0.5) is 17.1 Å². The molecule has 0 radical (unpaired) electrons. The molecule has 3 aliphatic rings. The van der Waals surface area contributed by atoms with Crippen LogP contribution in [0, 0.1) is 17.8 Å². The predicted octanol–water partition coefficient (Wildman–Crippen LogP) is 12.7. The van der Waals surface area contributed by atoms with Gasteiger partial charge >= 0.3 is 0 Å². The van der Waals surface area contributed by atoms with Gasteiger partial charge in [-0.1, -0.05) is 93.1 Å². The SMILES string of the molecule is c1ccc2c(c1)sc1c(N(c3ccc(CCC4CC5CCCC(C5)C4)cc3)c3ccc(C4CCCCC4)cc3)cccc12. The lowest BCUT2D eigenvalue weighted by Gasteiger charge is -2.39. The Morgan fingerprint density at radius 1 is 0.605 bits per heavy atom. The fourth-order valence-corrected chi connectivity index (χ4v) is 10.2. The number of anilines is 3. The first-order valence-electron chi connectivity index (χ1n) is 17.2. The second-order valence-electron chi connectivity index (χ2n) is 14.0. The monoisotopic (exact) mass is 583 g/mol. The zero-order chi connectivity index (χ0) is 28.6. The van der Waals surface area contributed by atoms with E-state index in [1.807, 2.05) is 11.3 Å². The quantitative estimate of drug-likeness (QED) is 0.184. The van der Waals surface area contributed by atoms with E-state index in [0.717, 1.165) is 23.7 Å². The maximum absolute atomic E-state index is 2.51. The maximum Gasteiger partial charge on any atom is 0.0640 e. The third-order valence-electron chi connectivity index (χ3n) is 11.1. The number of thiophene rings is 1. The molecule has 3 fully saturated rings. The molecule has 2 bridgehead atoms. The van der Waals surface area contributed by atoms with Crippen LogP contribution in [-0.2, 0) is 6.42 Å². The van der Waals surface area contributed by atoms with E-state index in [1.165, 1.54) is 132 Å². The fraction of sp³-hybridized carbons (Fsp3) is 0.415. The average molecular weight is 584 g/mol. The summed E-state index contributed by atoms with van der Waals surface area (Å²) in [5.74, 6) is 3.71. The van der Waals surface area contributed by atoms with Crippen LogP contribution in [0.5, 0.6) is 0 Å². The summed E-state index contributed by atoms with van der Waals surface area (Å²) in [6, 6.07) is 34.9. The molecule has 2 unspecified atom stereocenters. The standard InChI is InChI=1S/C41H45NS/c1-2-10-33(11-3-1)34-20-24-36(25-21-34)42(39-14-7-13-38-37-12-4-5-15-40(37)43-41(38)39)35-22-18-29(19-23-35)16-17-32-27-30-8-6-9-31(26-30)28-32/h4-5,7,12-15,18-25,30-33H,1-3,6,8-11,16-17,26-28H2. The number of benzene rings is 4. The first-order valence-corrected chi connectivity index (χ1v) is 18.0. The second kappa shape index (κ2) is 12.1. The molecule has 0 aliphatic heterocycles. The van der Waals surface area contributed by atoms with Gasteiger partial charge in [0.2, 0.25) is 0 Å². The Labute approximate surface area is 261 Å². The highest BCUT2D eigenvalue weighted by molar-refractivity contribution is 7.26. The largest absolute Gasteiger partial charge is 0.309 e. The Bertz CT molecular complexity index is 1660. The first kappa shape index (κ1) is 27.4. The summed E-state index contributed by atoms with van der Waals surface area (Å²) in [5.41, 5.74) is 6.81. The Hall–Kier alpha value is -3.10.